The summed E-state index contributed by atoms with van der Waals surface area (Å²) in [7, 11) is 0. The molecular formula is C17H24N2O3. The number of carbonyl (C=O) groups excluding carboxylic acids is 1. The summed E-state index contributed by atoms with van der Waals surface area (Å²) in [5.41, 5.74) is 0.776. The Kier molecular flexibility index (Phi) is 4.74. The van der Waals surface area contributed by atoms with E-state index in [1.807, 2.05) is 24.0 Å². The Morgan fingerprint density at radius 2 is 2.27 bits per heavy atom. The molecule has 1 aromatic rings. The standard InChI is InChI=1S/C17H24N2O3/c1-2-21-12-14-11-17(13-22-14)6-9-19(10-7-17)16(20)15-5-3-4-8-18-15/h3-5,8,14H,2,6-7,9-13H2,1H3/t14-/m0/s1. The van der Waals surface area contributed by atoms with E-state index in [2.05, 4.69) is 4.98 Å². The van der Waals surface area contributed by atoms with Gasteiger partial charge >= 0.3 is 0 Å². The second kappa shape index (κ2) is 6.75. The van der Waals surface area contributed by atoms with Gasteiger partial charge in [-0.1, -0.05) is 6.07 Å². The maximum absolute atomic E-state index is 12.4. The molecule has 2 aliphatic heterocycles. The molecule has 0 bridgehead atoms. The van der Waals surface area contributed by atoms with Gasteiger partial charge in [0.1, 0.15) is 5.69 Å². The lowest BCUT2D eigenvalue weighted by molar-refractivity contribution is 0.0159. The fourth-order valence-electron chi connectivity index (χ4n) is 3.44. The van der Waals surface area contributed by atoms with Crippen molar-refractivity contribution in [2.75, 3.05) is 32.9 Å². The summed E-state index contributed by atoms with van der Waals surface area (Å²) in [6.45, 7) is 5.82. The summed E-state index contributed by atoms with van der Waals surface area (Å²) in [5.74, 6) is 0.0419. The summed E-state index contributed by atoms with van der Waals surface area (Å²) in [4.78, 5) is 18.5. The van der Waals surface area contributed by atoms with Crippen LogP contribution >= 0.6 is 0 Å². The first-order chi connectivity index (χ1) is 10.7. The first-order valence-corrected chi connectivity index (χ1v) is 8.12. The third-order valence-electron chi connectivity index (χ3n) is 4.79. The number of hydrogen-bond donors (Lipinski definition) is 0. The number of likely N-dealkylation sites (tertiary alicyclic amines) is 1. The lowest BCUT2D eigenvalue weighted by Crippen LogP contribution is -2.43. The van der Waals surface area contributed by atoms with Crippen LogP contribution in [0.5, 0.6) is 0 Å². The largest absolute Gasteiger partial charge is 0.379 e. The highest BCUT2D eigenvalue weighted by molar-refractivity contribution is 5.92. The van der Waals surface area contributed by atoms with E-state index in [1.165, 1.54) is 0 Å². The molecule has 3 heterocycles. The van der Waals surface area contributed by atoms with Crippen molar-refractivity contribution in [1.29, 1.82) is 0 Å². The number of nitrogens with zero attached hydrogens (tertiary/aromatic N) is 2. The van der Waals surface area contributed by atoms with E-state index in [1.54, 1.807) is 12.3 Å². The molecule has 2 aliphatic rings. The van der Waals surface area contributed by atoms with Gasteiger partial charge in [0.25, 0.3) is 5.91 Å². The highest BCUT2D eigenvalue weighted by atomic mass is 16.5. The normalized spacial score (nSPS) is 23.9. The van der Waals surface area contributed by atoms with Crippen LogP contribution in [0.1, 0.15) is 36.7 Å². The van der Waals surface area contributed by atoms with Crippen LogP contribution in [-0.2, 0) is 9.47 Å². The molecule has 3 rings (SSSR count). The van der Waals surface area contributed by atoms with Gasteiger partial charge in [0.05, 0.1) is 19.3 Å². The molecule has 5 nitrogen and oxygen atoms in total. The number of ether oxygens (including phenoxy) is 2. The molecule has 0 aromatic carbocycles. The molecule has 1 atom stereocenters. The average molecular weight is 304 g/mol. The Labute approximate surface area is 131 Å². The van der Waals surface area contributed by atoms with Crippen LogP contribution < -0.4 is 0 Å². The second-order valence-corrected chi connectivity index (χ2v) is 6.30. The Morgan fingerprint density at radius 1 is 1.45 bits per heavy atom. The van der Waals surface area contributed by atoms with Gasteiger partial charge in [-0.15, -0.1) is 0 Å². The molecule has 2 saturated heterocycles. The van der Waals surface area contributed by atoms with Crippen molar-refractivity contribution in [3.05, 3.63) is 30.1 Å². The van der Waals surface area contributed by atoms with E-state index in [9.17, 15) is 4.79 Å². The van der Waals surface area contributed by atoms with Crippen molar-refractivity contribution in [1.82, 2.24) is 9.88 Å². The van der Waals surface area contributed by atoms with E-state index < -0.39 is 0 Å². The zero-order valence-electron chi connectivity index (χ0n) is 13.2. The van der Waals surface area contributed by atoms with Gasteiger partial charge in [-0.25, -0.2) is 0 Å². The molecule has 2 fully saturated rings. The van der Waals surface area contributed by atoms with Gasteiger partial charge in [-0.05, 0) is 43.7 Å². The molecular weight excluding hydrogens is 280 g/mol. The summed E-state index contributed by atoms with van der Waals surface area (Å²) >= 11 is 0. The summed E-state index contributed by atoms with van der Waals surface area (Å²) in [6.07, 6.45) is 4.96. The van der Waals surface area contributed by atoms with Crippen LogP contribution in [0.2, 0.25) is 0 Å². The second-order valence-electron chi connectivity index (χ2n) is 6.30. The van der Waals surface area contributed by atoms with E-state index >= 15 is 0 Å². The molecule has 5 heteroatoms. The zero-order chi connectivity index (χ0) is 15.4. The topological polar surface area (TPSA) is 51.7 Å². The maximum atomic E-state index is 12.4. The first-order valence-electron chi connectivity index (χ1n) is 8.12. The number of aromatic nitrogens is 1. The smallest absolute Gasteiger partial charge is 0.272 e. The molecule has 1 amide bonds. The third kappa shape index (κ3) is 3.31. The van der Waals surface area contributed by atoms with Gasteiger partial charge in [-0.3, -0.25) is 9.78 Å². The van der Waals surface area contributed by atoms with Gasteiger partial charge in [0.2, 0.25) is 0 Å². The minimum Gasteiger partial charge on any atom is -0.379 e. The van der Waals surface area contributed by atoms with Crippen molar-refractivity contribution in [2.24, 2.45) is 5.41 Å². The van der Waals surface area contributed by atoms with Crippen molar-refractivity contribution in [3.63, 3.8) is 0 Å². The van der Waals surface area contributed by atoms with Gasteiger partial charge in [0.15, 0.2) is 0 Å². The Bertz CT molecular complexity index is 498. The molecule has 120 valence electrons. The molecule has 0 aliphatic carbocycles. The van der Waals surface area contributed by atoms with Crippen LogP contribution in [0.3, 0.4) is 0 Å². The third-order valence-corrected chi connectivity index (χ3v) is 4.79. The lowest BCUT2D eigenvalue weighted by atomic mass is 9.76. The number of rotatable bonds is 4. The highest BCUT2D eigenvalue weighted by Gasteiger charge is 2.43. The van der Waals surface area contributed by atoms with Crippen molar-refractivity contribution < 1.29 is 14.3 Å². The fourth-order valence-corrected chi connectivity index (χ4v) is 3.44. The van der Waals surface area contributed by atoms with Gasteiger partial charge < -0.3 is 14.4 Å². The van der Waals surface area contributed by atoms with Crippen LogP contribution in [0.15, 0.2) is 24.4 Å². The highest BCUT2D eigenvalue weighted by Crippen LogP contribution is 2.42. The Morgan fingerprint density at radius 3 is 2.95 bits per heavy atom. The SMILES string of the molecule is CCOC[C@@H]1CC2(CCN(C(=O)c3ccccn3)CC2)CO1. The Balaban J connectivity index is 1.54. The fraction of sp³-hybridized carbons (Fsp3) is 0.647. The number of pyridine rings is 1. The van der Waals surface area contributed by atoms with Crippen LogP contribution in [-0.4, -0.2) is 54.8 Å². The number of hydrogen-bond acceptors (Lipinski definition) is 4. The summed E-state index contributed by atoms with van der Waals surface area (Å²) in [5, 5.41) is 0. The predicted molar refractivity (Wildman–Crippen MR) is 82.7 cm³/mol. The van der Waals surface area contributed by atoms with Gasteiger partial charge in [-0.2, -0.15) is 0 Å². The predicted octanol–water partition coefficient (Wildman–Crippen LogP) is 2.13. The van der Waals surface area contributed by atoms with Crippen LogP contribution in [0.25, 0.3) is 0 Å². The maximum Gasteiger partial charge on any atom is 0.272 e. The van der Waals surface area contributed by atoms with E-state index in [4.69, 9.17) is 9.47 Å². The van der Waals surface area contributed by atoms with E-state index in [0.717, 1.165) is 45.6 Å². The quantitative estimate of drug-likeness (QED) is 0.855. The first kappa shape index (κ1) is 15.4. The molecule has 1 spiro atoms. The molecule has 0 unspecified atom stereocenters. The Hall–Kier alpha value is -1.46. The number of piperidine rings is 1. The van der Waals surface area contributed by atoms with Crippen LogP contribution in [0, 0.1) is 5.41 Å². The zero-order valence-corrected chi connectivity index (χ0v) is 13.2. The minimum atomic E-state index is 0.0419. The number of amides is 1. The van der Waals surface area contributed by atoms with Crippen LogP contribution in [0.4, 0.5) is 0 Å². The molecule has 0 N–H and O–H groups in total. The van der Waals surface area contributed by atoms with E-state index in [-0.39, 0.29) is 17.4 Å². The molecule has 0 radical (unpaired) electrons. The summed E-state index contributed by atoms with van der Waals surface area (Å²) < 4.78 is 11.4. The van der Waals surface area contributed by atoms with Crippen molar-refractivity contribution in [2.45, 2.75) is 32.3 Å². The van der Waals surface area contributed by atoms with E-state index in [0.29, 0.717) is 12.3 Å². The summed E-state index contributed by atoms with van der Waals surface area (Å²) in [6, 6.07) is 5.47. The monoisotopic (exact) mass is 304 g/mol. The molecule has 0 saturated carbocycles. The lowest BCUT2D eigenvalue weighted by Gasteiger charge is -2.38. The molecule has 22 heavy (non-hydrogen) atoms. The minimum absolute atomic E-state index is 0.0419. The van der Waals surface area contributed by atoms with Crippen molar-refractivity contribution >= 4 is 5.91 Å². The van der Waals surface area contributed by atoms with Gasteiger partial charge in [0, 0.05) is 25.9 Å². The van der Waals surface area contributed by atoms with Crippen molar-refractivity contribution in [3.8, 4) is 0 Å². The average Bonchev–Trinajstić information content (AvgIpc) is 2.96. The number of carbonyl (C=O) groups is 1. The molecule has 1 aromatic heterocycles.